The summed E-state index contributed by atoms with van der Waals surface area (Å²) in [4.78, 5) is 12.3. The second kappa shape index (κ2) is 16.1. The summed E-state index contributed by atoms with van der Waals surface area (Å²) >= 11 is 0. The topological polar surface area (TPSA) is 69.6 Å². The fourth-order valence-corrected chi connectivity index (χ4v) is 2.80. The van der Waals surface area contributed by atoms with Crippen molar-refractivity contribution >= 4 is 5.91 Å². The van der Waals surface area contributed by atoms with E-state index in [4.69, 9.17) is 0 Å². The summed E-state index contributed by atoms with van der Waals surface area (Å²) in [5.41, 5.74) is 1.84. The van der Waals surface area contributed by atoms with Crippen LogP contribution in [0, 0.1) is 0 Å². The van der Waals surface area contributed by atoms with Crippen LogP contribution in [0.1, 0.15) is 46.5 Å². The minimum absolute atomic E-state index is 0.0292. The average molecular weight is 424 g/mol. The van der Waals surface area contributed by atoms with Crippen molar-refractivity contribution < 1.29 is 15.0 Å². The smallest absolute Gasteiger partial charge is 0.244 e. The highest BCUT2D eigenvalue weighted by molar-refractivity contribution is 5.88. The van der Waals surface area contributed by atoms with Gasteiger partial charge in [-0.05, 0) is 33.1 Å². The second-order valence-corrected chi connectivity index (χ2v) is 7.63. The molecule has 4 heteroatoms. The standard InChI is InChI=1S/C27H37NO3/c1-4-5-6-7-17-24-18-11-8-14-22(2)15-9-12-19-25(29)26(30)21-23(3)16-10-13-20-27(31)28-24/h6-16,19-21,24-26,29-30H,4-5,17-18H2,1-3H3,(H,28,31)/b7-6?,11-8?,15-9?,16-10+,19-12?,20-13+,22-14?,23-21?. The highest BCUT2D eigenvalue weighted by Crippen LogP contribution is 2.06. The van der Waals surface area contributed by atoms with E-state index in [0.717, 1.165) is 36.8 Å². The zero-order chi connectivity index (χ0) is 22.9. The molecular formula is C27H37NO3. The predicted octanol–water partition coefficient (Wildman–Crippen LogP) is 5.02. The number of amides is 1. The zero-order valence-corrected chi connectivity index (χ0v) is 18.9. The van der Waals surface area contributed by atoms with Gasteiger partial charge in [-0.2, -0.15) is 0 Å². The van der Waals surface area contributed by atoms with Gasteiger partial charge in [0.1, 0.15) is 12.2 Å². The van der Waals surface area contributed by atoms with Crippen molar-refractivity contribution in [2.75, 3.05) is 0 Å². The Hall–Kier alpha value is -2.69. The van der Waals surface area contributed by atoms with Crippen LogP contribution in [0.15, 0.2) is 96.2 Å². The van der Waals surface area contributed by atoms with E-state index < -0.39 is 12.2 Å². The number of allylic oxidation sites excluding steroid dienone is 11. The van der Waals surface area contributed by atoms with Crippen LogP contribution in [-0.4, -0.2) is 34.4 Å². The molecule has 168 valence electrons. The molecule has 1 aliphatic rings. The van der Waals surface area contributed by atoms with E-state index in [0.29, 0.717) is 0 Å². The molecule has 0 aromatic heterocycles. The lowest BCUT2D eigenvalue weighted by Gasteiger charge is -2.14. The molecule has 31 heavy (non-hydrogen) atoms. The van der Waals surface area contributed by atoms with E-state index in [1.165, 1.54) is 6.08 Å². The Morgan fingerprint density at radius 1 is 0.968 bits per heavy atom. The van der Waals surface area contributed by atoms with E-state index >= 15 is 0 Å². The van der Waals surface area contributed by atoms with Gasteiger partial charge in [0.25, 0.3) is 0 Å². The predicted molar refractivity (Wildman–Crippen MR) is 130 cm³/mol. The summed E-state index contributed by atoms with van der Waals surface area (Å²) in [5, 5.41) is 23.2. The molecule has 3 unspecified atom stereocenters. The number of aliphatic hydroxyl groups is 2. The Labute approximate surface area is 187 Å². The third kappa shape index (κ3) is 13.3. The SMILES string of the molecule is CCCC=CCC1CC=CC=C(C)C=CC=CC(O)C(O)C=C(C)/C=C/C=C/C(=O)N1. The van der Waals surface area contributed by atoms with Gasteiger partial charge in [-0.15, -0.1) is 0 Å². The van der Waals surface area contributed by atoms with E-state index in [1.54, 1.807) is 36.5 Å². The van der Waals surface area contributed by atoms with Gasteiger partial charge in [-0.25, -0.2) is 0 Å². The first-order chi connectivity index (χ1) is 14.9. The number of aliphatic hydroxyl groups excluding tert-OH is 2. The number of nitrogens with one attached hydrogen (secondary N) is 1. The highest BCUT2D eigenvalue weighted by atomic mass is 16.3. The number of carbonyl (C=O) groups excluding carboxylic acids is 1. The molecule has 1 amide bonds. The number of hydrogen-bond donors (Lipinski definition) is 3. The lowest BCUT2D eigenvalue weighted by Crippen LogP contribution is -2.32. The zero-order valence-electron chi connectivity index (χ0n) is 18.9. The third-order valence-corrected chi connectivity index (χ3v) is 4.58. The maximum Gasteiger partial charge on any atom is 0.244 e. The minimum Gasteiger partial charge on any atom is -0.386 e. The summed E-state index contributed by atoms with van der Waals surface area (Å²) in [7, 11) is 0. The van der Waals surface area contributed by atoms with Crippen molar-refractivity contribution in [3.05, 3.63) is 96.2 Å². The van der Waals surface area contributed by atoms with Gasteiger partial charge in [-0.1, -0.05) is 103 Å². The summed E-state index contributed by atoms with van der Waals surface area (Å²) < 4.78 is 0. The molecule has 1 aliphatic heterocycles. The fourth-order valence-electron chi connectivity index (χ4n) is 2.80. The number of hydrogen-bond acceptors (Lipinski definition) is 3. The van der Waals surface area contributed by atoms with Gasteiger partial charge in [0.05, 0.1) is 0 Å². The van der Waals surface area contributed by atoms with Crippen LogP contribution >= 0.6 is 0 Å². The molecule has 0 fully saturated rings. The normalized spacial score (nSPS) is 26.2. The van der Waals surface area contributed by atoms with Crippen LogP contribution in [-0.2, 0) is 4.79 Å². The van der Waals surface area contributed by atoms with Gasteiger partial charge < -0.3 is 15.5 Å². The van der Waals surface area contributed by atoms with E-state index in [2.05, 4.69) is 30.5 Å². The third-order valence-electron chi connectivity index (χ3n) is 4.58. The molecule has 0 saturated carbocycles. The summed E-state index contributed by atoms with van der Waals surface area (Å²) in [6, 6.07) is 0.0292. The molecule has 0 aliphatic carbocycles. The Balaban J connectivity index is 3.01. The molecule has 1 rings (SSSR count). The minimum atomic E-state index is -1.01. The summed E-state index contributed by atoms with van der Waals surface area (Å²) in [5.74, 6) is -0.141. The van der Waals surface area contributed by atoms with Crippen LogP contribution in [0.3, 0.4) is 0 Å². The number of unbranched alkanes of at least 4 members (excludes halogenated alkanes) is 1. The Morgan fingerprint density at radius 2 is 1.68 bits per heavy atom. The Kier molecular flexibility index (Phi) is 13.6. The number of rotatable bonds is 4. The second-order valence-electron chi connectivity index (χ2n) is 7.63. The lowest BCUT2D eigenvalue weighted by atomic mass is 10.1. The highest BCUT2D eigenvalue weighted by Gasteiger charge is 2.09. The quantitative estimate of drug-likeness (QED) is 0.556. The Morgan fingerprint density at radius 3 is 2.45 bits per heavy atom. The van der Waals surface area contributed by atoms with Crippen molar-refractivity contribution in [1.82, 2.24) is 5.32 Å². The van der Waals surface area contributed by atoms with E-state index in [9.17, 15) is 15.0 Å². The molecule has 4 nitrogen and oxygen atoms in total. The first-order valence-corrected chi connectivity index (χ1v) is 11.0. The van der Waals surface area contributed by atoms with Crippen LogP contribution in [0.5, 0.6) is 0 Å². The van der Waals surface area contributed by atoms with Crippen LogP contribution in [0.2, 0.25) is 0 Å². The molecule has 1 heterocycles. The van der Waals surface area contributed by atoms with Crippen molar-refractivity contribution in [3.8, 4) is 0 Å². The average Bonchev–Trinajstić information content (AvgIpc) is 2.73. The largest absolute Gasteiger partial charge is 0.386 e. The van der Waals surface area contributed by atoms with Crippen molar-refractivity contribution in [1.29, 1.82) is 0 Å². The Bertz CT molecular complexity index is 778. The molecule has 0 bridgehead atoms. The molecular weight excluding hydrogens is 386 g/mol. The van der Waals surface area contributed by atoms with Gasteiger partial charge in [-0.3, -0.25) is 4.79 Å². The molecule has 0 spiro atoms. The van der Waals surface area contributed by atoms with E-state index in [-0.39, 0.29) is 11.9 Å². The van der Waals surface area contributed by atoms with Crippen LogP contribution in [0.4, 0.5) is 0 Å². The van der Waals surface area contributed by atoms with Gasteiger partial charge in [0.2, 0.25) is 5.91 Å². The van der Waals surface area contributed by atoms with Gasteiger partial charge in [0.15, 0.2) is 0 Å². The van der Waals surface area contributed by atoms with E-state index in [1.807, 2.05) is 38.2 Å². The maximum absolute atomic E-state index is 12.3. The number of carbonyl (C=O) groups is 1. The molecule has 0 aromatic carbocycles. The van der Waals surface area contributed by atoms with Crippen molar-refractivity contribution in [3.63, 3.8) is 0 Å². The van der Waals surface area contributed by atoms with Crippen LogP contribution < -0.4 is 5.32 Å². The molecule has 3 atom stereocenters. The molecule has 0 aromatic rings. The fraction of sp³-hybridized carbons (Fsp3) is 0.370. The monoisotopic (exact) mass is 423 g/mol. The maximum atomic E-state index is 12.3. The molecule has 3 N–H and O–H groups in total. The molecule has 0 saturated heterocycles. The van der Waals surface area contributed by atoms with Gasteiger partial charge >= 0.3 is 0 Å². The van der Waals surface area contributed by atoms with Gasteiger partial charge in [0, 0.05) is 12.1 Å². The first kappa shape index (κ1) is 26.3. The first-order valence-electron chi connectivity index (χ1n) is 11.0. The summed E-state index contributed by atoms with van der Waals surface area (Å²) in [6.07, 6.45) is 27.3. The van der Waals surface area contributed by atoms with Crippen LogP contribution in [0.25, 0.3) is 0 Å². The van der Waals surface area contributed by atoms with Crippen molar-refractivity contribution in [2.45, 2.75) is 64.7 Å². The molecule has 0 radical (unpaired) electrons. The lowest BCUT2D eigenvalue weighted by molar-refractivity contribution is -0.117. The summed E-state index contributed by atoms with van der Waals surface area (Å²) in [6.45, 7) is 5.96. The van der Waals surface area contributed by atoms with Crippen molar-refractivity contribution in [2.24, 2.45) is 0 Å².